The molecule has 0 aromatic heterocycles. The highest BCUT2D eigenvalue weighted by Gasteiger charge is 2.19. The molecular weight excluding hydrogens is 295 g/mol. The van der Waals surface area contributed by atoms with Gasteiger partial charge in [-0.15, -0.1) is 0 Å². The third-order valence-electron chi connectivity index (χ3n) is 2.10. The number of benzene rings is 1. The lowest BCUT2D eigenvalue weighted by Gasteiger charge is -2.18. The molecule has 0 fully saturated rings. The van der Waals surface area contributed by atoms with Gasteiger partial charge >= 0.3 is 6.72 Å². The summed E-state index contributed by atoms with van der Waals surface area (Å²) in [7, 11) is -1.74. The number of rotatable bonds is 5. The maximum Gasteiger partial charge on any atom is 0.380 e. The Bertz CT molecular complexity index is 664. The zero-order chi connectivity index (χ0) is 16.5. The van der Waals surface area contributed by atoms with Crippen molar-refractivity contribution in [2.75, 3.05) is 20.4 Å². The van der Waals surface area contributed by atoms with Crippen LogP contribution in [0.3, 0.4) is 0 Å². The van der Waals surface area contributed by atoms with Crippen LogP contribution in [0.15, 0.2) is 23.1 Å². The first kappa shape index (κ1) is 11.4. The fraction of sp³-hybridized carbons (Fsp3) is 0.400. The van der Waals surface area contributed by atoms with Crippen molar-refractivity contribution >= 4 is 28.4 Å². The predicted octanol–water partition coefficient (Wildman–Crippen LogP) is 2.29. The van der Waals surface area contributed by atoms with E-state index in [0.717, 1.165) is 6.07 Å². The molecule has 1 aromatic rings. The molecule has 0 saturated carbocycles. The Morgan fingerprint density at radius 1 is 1.33 bits per heavy atom. The smallest absolute Gasteiger partial charge is 0.380 e. The summed E-state index contributed by atoms with van der Waals surface area (Å²) in [6.07, 6.45) is -3.12. The van der Waals surface area contributed by atoms with Gasteiger partial charge in [-0.1, -0.05) is 0 Å². The van der Waals surface area contributed by atoms with Gasteiger partial charge in [0.05, 0.1) is 4.90 Å². The lowest BCUT2D eigenvalue weighted by atomic mass is 10.2. The molecule has 0 bridgehead atoms. The van der Waals surface area contributed by atoms with E-state index >= 15 is 0 Å². The summed E-state index contributed by atoms with van der Waals surface area (Å²) in [5.41, 5.74) is 0.234. The molecule has 0 spiro atoms. The van der Waals surface area contributed by atoms with Crippen LogP contribution < -0.4 is 4.52 Å². The third kappa shape index (κ3) is 3.76. The summed E-state index contributed by atoms with van der Waals surface area (Å²) in [6, 6.07) is 3.85. The largest absolute Gasteiger partial charge is 0.424 e. The predicted molar refractivity (Wildman–Crippen MR) is 73.2 cm³/mol. The van der Waals surface area contributed by atoms with Gasteiger partial charge in [0.15, 0.2) is 9.84 Å². The molecule has 0 saturated heterocycles. The molecule has 0 aliphatic carbocycles. The van der Waals surface area contributed by atoms with E-state index in [1.165, 1.54) is 33.3 Å². The molecule has 0 aliphatic heterocycles. The maximum atomic E-state index is 11.9. The van der Waals surface area contributed by atoms with E-state index in [0.29, 0.717) is 0 Å². The van der Waals surface area contributed by atoms with Crippen LogP contribution in [0, 0.1) is 6.92 Å². The molecule has 0 radical (unpaired) electrons. The van der Waals surface area contributed by atoms with Crippen molar-refractivity contribution in [3.05, 3.63) is 23.8 Å². The highest BCUT2D eigenvalue weighted by atomic mass is 32.5. The summed E-state index contributed by atoms with van der Waals surface area (Å²) >= 11 is 5.03. The SMILES string of the molecule is [2H]C([2H])([2H])S(=O)(=O)c1ccc(OP(=S)(OC)OC)cc1C. The number of aryl methyl sites for hydroxylation is 1. The number of sulfone groups is 1. The quantitative estimate of drug-likeness (QED) is 0.777. The Kier molecular flexibility index (Phi) is 3.58. The highest BCUT2D eigenvalue weighted by Crippen LogP contribution is 2.48. The second-order valence-corrected chi connectivity index (χ2v) is 7.93. The van der Waals surface area contributed by atoms with Gasteiger partial charge in [-0.25, -0.2) is 8.42 Å². The topological polar surface area (TPSA) is 61.8 Å². The van der Waals surface area contributed by atoms with Gasteiger partial charge in [0, 0.05) is 36.3 Å². The van der Waals surface area contributed by atoms with Gasteiger partial charge in [-0.3, -0.25) is 0 Å². The Hall–Kier alpha value is -0.460. The second-order valence-electron chi connectivity index (χ2n) is 3.33. The van der Waals surface area contributed by atoms with Crippen molar-refractivity contribution in [3.8, 4) is 5.75 Å². The average Bonchev–Trinajstić information content (AvgIpc) is 2.37. The monoisotopic (exact) mass is 313 g/mol. The minimum atomic E-state index is -4.41. The van der Waals surface area contributed by atoms with Crippen molar-refractivity contribution in [2.24, 2.45) is 0 Å². The van der Waals surface area contributed by atoms with Gasteiger partial charge in [0.2, 0.25) is 0 Å². The first-order chi connectivity index (χ1) is 9.47. The summed E-state index contributed by atoms with van der Waals surface area (Å²) in [5.74, 6) is 0.240. The molecule has 1 rings (SSSR count). The molecule has 0 amide bonds. The van der Waals surface area contributed by atoms with Crippen LogP contribution in [0.2, 0.25) is 0 Å². The van der Waals surface area contributed by atoms with E-state index in [1.54, 1.807) is 0 Å². The van der Waals surface area contributed by atoms with E-state index in [1.807, 2.05) is 0 Å². The van der Waals surface area contributed by atoms with E-state index in [4.69, 9.17) is 29.5 Å². The molecule has 1 aromatic carbocycles. The van der Waals surface area contributed by atoms with E-state index in [9.17, 15) is 8.42 Å². The van der Waals surface area contributed by atoms with Crippen molar-refractivity contribution in [1.29, 1.82) is 0 Å². The Morgan fingerprint density at radius 2 is 1.94 bits per heavy atom. The van der Waals surface area contributed by atoms with Gasteiger partial charge < -0.3 is 13.6 Å². The lowest BCUT2D eigenvalue weighted by molar-refractivity contribution is 0.273. The molecule has 0 atom stereocenters. The normalized spacial score (nSPS) is 15.6. The summed E-state index contributed by atoms with van der Waals surface area (Å²) in [5, 5.41) is 0. The second kappa shape index (κ2) is 5.67. The highest BCUT2D eigenvalue weighted by molar-refractivity contribution is 8.07. The van der Waals surface area contributed by atoms with Gasteiger partial charge in [0.1, 0.15) is 5.75 Å². The molecular formula is C10H15O5PS2. The zero-order valence-electron chi connectivity index (χ0n) is 13.0. The fourth-order valence-corrected chi connectivity index (χ4v) is 2.92. The van der Waals surface area contributed by atoms with Crippen LogP contribution in [0.4, 0.5) is 0 Å². The standard InChI is InChI=1S/C10H15O5PS2/c1-8-7-9(15-16(17,13-2)14-3)5-6-10(8)18(4,11)12/h5-7H,1-4H3/i4D3. The minimum absolute atomic E-state index is 0.234. The molecule has 5 nitrogen and oxygen atoms in total. The van der Waals surface area contributed by atoms with Crippen LogP contribution in [0.5, 0.6) is 5.75 Å². The van der Waals surface area contributed by atoms with Crippen molar-refractivity contribution in [2.45, 2.75) is 11.8 Å². The zero-order valence-corrected chi connectivity index (χ0v) is 12.6. The first-order valence-corrected chi connectivity index (χ1v) is 8.77. The molecule has 18 heavy (non-hydrogen) atoms. The molecule has 0 heterocycles. The lowest BCUT2D eigenvalue weighted by Crippen LogP contribution is -2.01. The van der Waals surface area contributed by atoms with Gasteiger partial charge in [-0.2, -0.15) is 0 Å². The average molecular weight is 313 g/mol. The molecule has 0 unspecified atom stereocenters. The summed E-state index contributed by atoms with van der Waals surface area (Å²) < 4.78 is 60.4. The Morgan fingerprint density at radius 3 is 2.39 bits per heavy atom. The first-order valence-electron chi connectivity index (χ1n) is 6.23. The Labute approximate surface area is 116 Å². The third-order valence-corrected chi connectivity index (χ3v) is 5.58. The van der Waals surface area contributed by atoms with Crippen LogP contribution in [-0.4, -0.2) is 28.8 Å². The Balaban J connectivity index is 3.22. The van der Waals surface area contributed by atoms with Gasteiger partial charge in [-0.05, 0) is 30.7 Å². The molecule has 0 N–H and O–H groups in total. The summed E-state index contributed by atoms with van der Waals surface area (Å²) in [6.45, 7) is -1.47. The maximum absolute atomic E-state index is 11.9. The van der Waals surface area contributed by atoms with E-state index < -0.39 is 22.7 Å². The van der Waals surface area contributed by atoms with Crippen LogP contribution in [0.25, 0.3) is 0 Å². The minimum Gasteiger partial charge on any atom is -0.424 e. The number of hydrogen-bond donors (Lipinski definition) is 0. The molecule has 0 aliphatic rings. The van der Waals surface area contributed by atoms with Crippen molar-refractivity contribution in [1.82, 2.24) is 0 Å². The van der Waals surface area contributed by atoms with Crippen LogP contribution >= 0.6 is 6.72 Å². The van der Waals surface area contributed by atoms with Crippen LogP contribution in [0.1, 0.15) is 9.68 Å². The van der Waals surface area contributed by atoms with Gasteiger partial charge in [0.25, 0.3) is 0 Å². The van der Waals surface area contributed by atoms with Crippen molar-refractivity contribution in [3.63, 3.8) is 0 Å². The fourth-order valence-electron chi connectivity index (χ4n) is 1.26. The number of hydrogen-bond acceptors (Lipinski definition) is 6. The molecule has 8 heteroatoms. The van der Waals surface area contributed by atoms with E-state index in [2.05, 4.69) is 0 Å². The summed E-state index contributed by atoms with van der Waals surface area (Å²) in [4.78, 5) is -0.280. The van der Waals surface area contributed by atoms with Crippen molar-refractivity contribution < 1.29 is 26.1 Å². The van der Waals surface area contributed by atoms with Crippen LogP contribution in [-0.2, 0) is 30.7 Å². The molecule has 102 valence electrons. The van der Waals surface area contributed by atoms with E-state index in [-0.39, 0.29) is 16.2 Å².